The Kier molecular flexibility index (Phi) is 7.41. The van der Waals surface area contributed by atoms with Gasteiger partial charge in [0.2, 0.25) is 5.91 Å². The van der Waals surface area contributed by atoms with Crippen LogP contribution in [0.4, 0.5) is 13.2 Å². The van der Waals surface area contributed by atoms with Crippen LogP contribution in [0.5, 0.6) is 5.75 Å². The first-order chi connectivity index (χ1) is 12.8. The number of ether oxygens (including phenoxy) is 1. The molecule has 0 aliphatic heterocycles. The van der Waals surface area contributed by atoms with E-state index in [4.69, 9.17) is 4.74 Å². The first-order valence-electron chi connectivity index (χ1n) is 8.44. The van der Waals surface area contributed by atoms with E-state index >= 15 is 0 Å². The summed E-state index contributed by atoms with van der Waals surface area (Å²) in [6.07, 6.45) is -1.29. The van der Waals surface area contributed by atoms with E-state index in [1.807, 2.05) is 12.3 Å². The summed E-state index contributed by atoms with van der Waals surface area (Å²) >= 11 is 1.55. The number of amides is 1. The van der Waals surface area contributed by atoms with Gasteiger partial charge in [-0.3, -0.25) is 4.79 Å². The molecule has 0 aliphatic carbocycles. The van der Waals surface area contributed by atoms with Crippen LogP contribution in [0.2, 0.25) is 0 Å². The van der Waals surface area contributed by atoms with Crippen LogP contribution < -0.4 is 4.74 Å². The predicted molar refractivity (Wildman–Crippen MR) is 99.6 cm³/mol. The van der Waals surface area contributed by atoms with Crippen molar-refractivity contribution in [1.82, 2.24) is 9.88 Å². The fourth-order valence-corrected chi connectivity index (χ4v) is 2.93. The first-order valence-corrected chi connectivity index (χ1v) is 9.32. The normalized spacial score (nSPS) is 11.7. The van der Waals surface area contributed by atoms with E-state index in [2.05, 4.69) is 4.98 Å². The number of thiazole rings is 1. The molecule has 2 aromatic rings. The molecule has 1 amide bonds. The summed E-state index contributed by atoms with van der Waals surface area (Å²) < 4.78 is 43.3. The maximum absolute atomic E-state index is 12.6. The molecule has 4 nitrogen and oxygen atoms in total. The van der Waals surface area contributed by atoms with Gasteiger partial charge in [0, 0.05) is 18.0 Å². The fraction of sp³-hybridized carbons (Fsp3) is 0.368. The van der Waals surface area contributed by atoms with Gasteiger partial charge in [-0.15, -0.1) is 11.3 Å². The van der Waals surface area contributed by atoms with E-state index in [0.717, 1.165) is 21.7 Å². The molecule has 2 rings (SSSR count). The molecule has 1 aromatic heterocycles. The van der Waals surface area contributed by atoms with Gasteiger partial charge in [-0.1, -0.05) is 19.1 Å². The zero-order valence-corrected chi connectivity index (χ0v) is 15.9. The van der Waals surface area contributed by atoms with Crippen LogP contribution in [0.25, 0.3) is 6.08 Å². The minimum absolute atomic E-state index is 0.0611. The molecule has 0 bridgehead atoms. The van der Waals surface area contributed by atoms with Crippen LogP contribution in [-0.4, -0.2) is 35.1 Å². The lowest BCUT2D eigenvalue weighted by Crippen LogP contribution is -2.38. The van der Waals surface area contributed by atoms with Gasteiger partial charge in [-0.2, -0.15) is 13.2 Å². The van der Waals surface area contributed by atoms with Crippen molar-refractivity contribution in [2.24, 2.45) is 0 Å². The molecule has 0 aliphatic rings. The zero-order valence-electron chi connectivity index (χ0n) is 15.1. The maximum atomic E-state index is 12.6. The van der Waals surface area contributed by atoms with Crippen LogP contribution in [0.3, 0.4) is 0 Å². The molecule has 0 saturated carbocycles. The topological polar surface area (TPSA) is 42.4 Å². The van der Waals surface area contributed by atoms with Gasteiger partial charge in [-0.25, -0.2) is 4.98 Å². The highest BCUT2D eigenvalue weighted by atomic mass is 32.1. The average Bonchev–Trinajstić information content (AvgIpc) is 3.02. The molecule has 0 fully saturated rings. The lowest BCUT2D eigenvalue weighted by atomic mass is 10.2. The number of rotatable bonds is 8. The SMILES string of the molecule is CCCN(CC(F)(F)F)C(=O)/C=C/c1ccc(OCc2csc(C)n2)cc1. The van der Waals surface area contributed by atoms with Crippen molar-refractivity contribution in [2.75, 3.05) is 13.1 Å². The molecule has 0 N–H and O–H groups in total. The predicted octanol–water partition coefficient (Wildman–Crippen LogP) is 4.84. The summed E-state index contributed by atoms with van der Waals surface area (Å²) in [7, 11) is 0. The molecule has 1 heterocycles. The van der Waals surface area contributed by atoms with E-state index in [1.54, 1.807) is 42.5 Å². The molecule has 1 aromatic carbocycles. The Morgan fingerprint density at radius 1 is 1.30 bits per heavy atom. The van der Waals surface area contributed by atoms with Gasteiger partial charge in [0.1, 0.15) is 18.9 Å². The molecule has 27 heavy (non-hydrogen) atoms. The number of hydrogen-bond acceptors (Lipinski definition) is 4. The Bertz CT molecular complexity index is 770. The summed E-state index contributed by atoms with van der Waals surface area (Å²) in [4.78, 5) is 17.1. The molecule has 0 atom stereocenters. The van der Waals surface area contributed by atoms with Gasteiger partial charge >= 0.3 is 6.18 Å². The Hall–Kier alpha value is -2.35. The summed E-state index contributed by atoms with van der Waals surface area (Å²) in [5.74, 6) is -0.0118. The standard InChI is InChI=1S/C19H21F3N2O2S/c1-3-10-24(13-19(20,21)22)18(25)9-6-15-4-7-17(8-5-15)26-11-16-12-27-14(2)23-16/h4-9,12H,3,10-11,13H2,1-2H3/b9-6+. The number of aryl methyl sites for hydroxylation is 1. The van der Waals surface area contributed by atoms with Gasteiger partial charge < -0.3 is 9.64 Å². The monoisotopic (exact) mass is 398 g/mol. The van der Waals surface area contributed by atoms with Crippen LogP contribution in [0.15, 0.2) is 35.7 Å². The second-order valence-electron chi connectivity index (χ2n) is 5.92. The maximum Gasteiger partial charge on any atom is 0.406 e. The van der Waals surface area contributed by atoms with Gasteiger partial charge in [0.15, 0.2) is 0 Å². The van der Waals surface area contributed by atoms with Crippen molar-refractivity contribution in [1.29, 1.82) is 0 Å². The third kappa shape index (κ3) is 7.42. The van der Waals surface area contributed by atoms with E-state index in [-0.39, 0.29) is 6.54 Å². The van der Waals surface area contributed by atoms with Gasteiger partial charge in [-0.05, 0) is 37.1 Å². The second-order valence-corrected chi connectivity index (χ2v) is 6.99. The molecular formula is C19H21F3N2O2S. The number of alkyl halides is 3. The summed E-state index contributed by atoms with van der Waals surface area (Å²) in [5, 5.41) is 2.91. The van der Waals surface area contributed by atoms with Gasteiger partial charge in [0.25, 0.3) is 0 Å². The smallest absolute Gasteiger partial charge is 0.406 e. The van der Waals surface area contributed by atoms with E-state index in [0.29, 0.717) is 24.3 Å². The lowest BCUT2D eigenvalue weighted by Gasteiger charge is -2.21. The second kappa shape index (κ2) is 9.55. The molecular weight excluding hydrogens is 377 g/mol. The zero-order chi connectivity index (χ0) is 19.9. The molecule has 0 unspecified atom stereocenters. The highest BCUT2D eigenvalue weighted by Crippen LogP contribution is 2.18. The Labute approximate surface area is 160 Å². The highest BCUT2D eigenvalue weighted by Gasteiger charge is 2.31. The van der Waals surface area contributed by atoms with Crippen molar-refractivity contribution in [3.05, 3.63) is 52.0 Å². The Morgan fingerprint density at radius 3 is 2.56 bits per heavy atom. The number of hydrogen-bond donors (Lipinski definition) is 0. The van der Waals surface area contributed by atoms with Crippen LogP contribution in [-0.2, 0) is 11.4 Å². The average molecular weight is 398 g/mol. The third-order valence-electron chi connectivity index (χ3n) is 3.53. The number of carbonyl (C=O) groups excluding carboxylic acids is 1. The van der Waals surface area contributed by atoms with E-state index in [9.17, 15) is 18.0 Å². The minimum atomic E-state index is -4.41. The Balaban J connectivity index is 1.92. The van der Waals surface area contributed by atoms with E-state index < -0.39 is 18.6 Å². The lowest BCUT2D eigenvalue weighted by molar-refractivity contribution is -0.158. The summed E-state index contributed by atoms with van der Waals surface area (Å²) in [6, 6.07) is 6.95. The molecule has 146 valence electrons. The highest BCUT2D eigenvalue weighted by molar-refractivity contribution is 7.09. The van der Waals surface area contributed by atoms with E-state index in [1.165, 1.54) is 6.08 Å². The summed E-state index contributed by atoms with van der Waals surface area (Å²) in [6.45, 7) is 2.83. The van der Waals surface area contributed by atoms with Crippen LogP contribution >= 0.6 is 11.3 Å². The van der Waals surface area contributed by atoms with Crippen molar-refractivity contribution in [3.8, 4) is 5.75 Å². The number of aromatic nitrogens is 1. The van der Waals surface area contributed by atoms with Crippen molar-refractivity contribution >= 4 is 23.3 Å². The first kappa shape index (κ1) is 21.0. The molecule has 0 radical (unpaired) electrons. The molecule has 0 saturated heterocycles. The fourth-order valence-electron chi connectivity index (χ4n) is 2.33. The largest absolute Gasteiger partial charge is 0.487 e. The summed E-state index contributed by atoms with van der Waals surface area (Å²) in [5.41, 5.74) is 1.55. The van der Waals surface area contributed by atoms with Crippen LogP contribution in [0, 0.1) is 6.92 Å². The number of halogens is 3. The van der Waals surface area contributed by atoms with Crippen LogP contribution in [0.1, 0.15) is 29.6 Å². The quantitative estimate of drug-likeness (QED) is 0.598. The molecule has 0 spiro atoms. The van der Waals surface area contributed by atoms with Crippen molar-refractivity contribution in [3.63, 3.8) is 0 Å². The number of benzene rings is 1. The van der Waals surface area contributed by atoms with Gasteiger partial charge in [0.05, 0.1) is 10.7 Å². The minimum Gasteiger partial charge on any atom is -0.487 e. The number of nitrogens with zero attached hydrogens (tertiary/aromatic N) is 2. The van der Waals surface area contributed by atoms with Crippen molar-refractivity contribution in [2.45, 2.75) is 33.1 Å². The number of carbonyl (C=O) groups is 1. The van der Waals surface area contributed by atoms with Crippen molar-refractivity contribution < 1.29 is 22.7 Å². The third-order valence-corrected chi connectivity index (χ3v) is 4.35. The Morgan fingerprint density at radius 2 is 2.00 bits per heavy atom. The molecule has 8 heteroatoms.